The van der Waals surface area contributed by atoms with Crippen LogP contribution in [0.2, 0.25) is 0 Å². The van der Waals surface area contributed by atoms with Gasteiger partial charge in [0.05, 0.1) is 0 Å². The molecule has 1 atom stereocenters. The largest absolute Gasteiger partial charge is 0.383 e. The van der Waals surface area contributed by atoms with Gasteiger partial charge in [-0.2, -0.15) is 0 Å². The molecule has 2 rings (SSSR count). The summed E-state index contributed by atoms with van der Waals surface area (Å²) in [6.07, 6.45) is 3.95. The van der Waals surface area contributed by atoms with Crippen LogP contribution in [0.15, 0.2) is 24.3 Å². The predicted octanol–water partition coefficient (Wildman–Crippen LogP) is 2.39. The van der Waals surface area contributed by atoms with Crippen molar-refractivity contribution in [2.45, 2.75) is 32.2 Å². The lowest BCUT2D eigenvalue weighted by atomic mass is 10.1. The second-order valence-corrected chi connectivity index (χ2v) is 4.67. The van der Waals surface area contributed by atoms with Gasteiger partial charge in [0.15, 0.2) is 0 Å². The van der Waals surface area contributed by atoms with Gasteiger partial charge in [0.25, 0.3) is 0 Å². The second-order valence-electron chi connectivity index (χ2n) is 4.67. The highest BCUT2D eigenvalue weighted by Gasteiger charge is 2.23. The molecule has 3 nitrogen and oxygen atoms in total. The molecule has 1 saturated carbocycles. The van der Waals surface area contributed by atoms with Gasteiger partial charge < -0.3 is 11.1 Å². The topological polar surface area (TPSA) is 55.1 Å². The quantitative estimate of drug-likeness (QED) is 0.797. The minimum Gasteiger partial charge on any atom is -0.383 e. The molecule has 0 heterocycles. The lowest BCUT2D eigenvalue weighted by Crippen LogP contribution is -2.17. The Labute approximate surface area is 96.0 Å². The van der Waals surface area contributed by atoms with Crippen LogP contribution in [0, 0.1) is 5.92 Å². The van der Waals surface area contributed by atoms with Crippen LogP contribution < -0.4 is 11.1 Å². The van der Waals surface area contributed by atoms with Gasteiger partial charge in [-0.05, 0) is 37.5 Å². The number of nitrogens with one attached hydrogen (secondary N) is 1. The van der Waals surface area contributed by atoms with Crippen LogP contribution in [0.5, 0.6) is 0 Å². The van der Waals surface area contributed by atoms with E-state index in [4.69, 9.17) is 5.73 Å². The van der Waals surface area contributed by atoms with Gasteiger partial charge in [-0.25, -0.2) is 0 Å². The van der Waals surface area contributed by atoms with Crippen molar-refractivity contribution in [1.29, 1.82) is 0 Å². The lowest BCUT2D eigenvalue weighted by molar-refractivity contribution is 0.100. The summed E-state index contributed by atoms with van der Waals surface area (Å²) < 4.78 is 0. The molecule has 3 heteroatoms. The number of nitrogens with two attached hydrogens (primary N) is 1. The molecule has 0 spiro atoms. The van der Waals surface area contributed by atoms with Crippen molar-refractivity contribution in [3.05, 3.63) is 29.8 Å². The Morgan fingerprint density at radius 2 is 2.31 bits per heavy atom. The number of carbonyl (C=O) groups excluding carboxylic acids is 1. The van der Waals surface area contributed by atoms with Crippen molar-refractivity contribution >= 4 is 11.6 Å². The van der Waals surface area contributed by atoms with E-state index in [2.05, 4.69) is 12.2 Å². The Morgan fingerprint density at radius 1 is 1.56 bits per heavy atom. The first-order chi connectivity index (χ1) is 7.65. The lowest BCUT2D eigenvalue weighted by Gasteiger charge is -2.15. The molecule has 3 N–H and O–H groups in total. The number of benzene rings is 1. The molecule has 0 bridgehead atoms. The summed E-state index contributed by atoms with van der Waals surface area (Å²) in [6.45, 7) is 2.18. The smallest absolute Gasteiger partial charge is 0.248 e. The summed E-state index contributed by atoms with van der Waals surface area (Å²) in [4.78, 5) is 11.0. The SMILES string of the molecule is CC(CC1CC1)Nc1cccc(C(N)=O)c1. The Bertz CT molecular complexity index is 385. The zero-order chi connectivity index (χ0) is 11.5. The fourth-order valence-electron chi connectivity index (χ4n) is 1.96. The van der Waals surface area contributed by atoms with Crippen LogP contribution in [0.1, 0.15) is 36.5 Å². The summed E-state index contributed by atoms with van der Waals surface area (Å²) in [6, 6.07) is 7.82. The minimum atomic E-state index is -0.376. The number of hydrogen-bond acceptors (Lipinski definition) is 2. The van der Waals surface area contributed by atoms with E-state index in [1.807, 2.05) is 18.2 Å². The summed E-state index contributed by atoms with van der Waals surface area (Å²) in [7, 11) is 0. The van der Waals surface area contributed by atoms with Crippen LogP contribution in [0.4, 0.5) is 5.69 Å². The highest BCUT2D eigenvalue weighted by atomic mass is 16.1. The molecule has 16 heavy (non-hydrogen) atoms. The zero-order valence-corrected chi connectivity index (χ0v) is 9.57. The second kappa shape index (κ2) is 4.56. The van der Waals surface area contributed by atoms with Gasteiger partial charge in [-0.3, -0.25) is 4.79 Å². The molecular formula is C13H18N2O. The molecule has 0 aliphatic heterocycles. The number of anilines is 1. The van der Waals surface area contributed by atoms with Crippen molar-refractivity contribution < 1.29 is 4.79 Å². The number of carbonyl (C=O) groups is 1. The average Bonchev–Trinajstić information content (AvgIpc) is 3.01. The van der Waals surface area contributed by atoms with Crippen LogP contribution in [0.3, 0.4) is 0 Å². The molecule has 0 radical (unpaired) electrons. The predicted molar refractivity (Wildman–Crippen MR) is 65.4 cm³/mol. The summed E-state index contributed by atoms with van der Waals surface area (Å²) in [5.74, 6) is 0.528. The average molecular weight is 218 g/mol. The summed E-state index contributed by atoms with van der Waals surface area (Å²) in [5.41, 5.74) is 6.77. The standard InChI is InChI=1S/C13H18N2O/c1-9(7-10-5-6-10)15-12-4-2-3-11(8-12)13(14)16/h2-4,8-10,15H,5-7H2,1H3,(H2,14,16). The van der Waals surface area contributed by atoms with Crippen LogP contribution in [0.25, 0.3) is 0 Å². The molecule has 0 saturated heterocycles. The van der Waals surface area contributed by atoms with E-state index >= 15 is 0 Å². The van der Waals surface area contributed by atoms with Gasteiger partial charge in [0.2, 0.25) is 5.91 Å². The molecule has 1 aromatic rings. The third kappa shape index (κ3) is 2.99. The number of hydrogen-bond donors (Lipinski definition) is 2. The van der Waals surface area contributed by atoms with Crippen molar-refractivity contribution in [2.75, 3.05) is 5.32 Å². The Morgan fingerprint density at radius 3 is 2.94 bits per heavy atom. The fourth-order valence-corrected chi connectivity index (χ4v) is 1.96. The zero-order valence-electron chi connectivity index (χ0n) is 9.57. The first kappa shape index (κ1) is 11.0. The highest BCUT2D eigenvalue weighted by Crippen LogP contribution is 2.34. The molecule has 1 aliphatic rings. The van der Waals surface area contributed by atoms with Gasteiger partial charge in [-0.1, -0.05) is 18.9 Å². The van der Waals surface area contributed by atoms with Gasteiger partial charge in [0, 0.05) is 17.3 Å². The first-order valence-corrected chi connectivity index (χ1v) is 5.81. The Kier molecular flexibility index (Phi) is 3.13. The third-order valence-electron chi connectivity index (χ3n) is 2.94. The maximum Gasteiger partial charge on any atom is 0.248 e. The molecule has 1 amide bonds. The molecule has 1 unspecified atom stereocenters. The third-order valence-corrected chi connectivity index (χ3v) is 2.94. The van der Waals surface area contributed by atoms with Crippen molar-refractivity contribution in [1.82, 2.24) is 0 Å². The van der Waals surface area contributed by atoms with Gasteiger partial charge >= 0.3 is 0 Å². The van der Waals surface area contributed by atoms with E-state index in [9.17, 15) is 4.79 Å². The van der Waals surface area contributed by atoms with E-state index in [1.165, 1.54) is 19.3 Å². The number of rotatable bonds is 5. The van der Waals surface area contributed by atoms with E-state index in [0.717, 1.165) is 11.6 Å². The fraction of sp³-hybridized carbons (Fsp3) is 0.462. The summed E-state index contributed by atoms with van der Waals surface area (Å²) in [5, 5.41) is 3.40. The molecule has 1 fully saturated rings. The number of primary amides is 1. The summed E-state index contributed by atoms with van der Waals surface area (Å²) >= 11 is 0. The highest BCUT2D eigenvalue weighted by molar-refractivity contribution is 5.93. The first-order valence-electron chi connectivity index (χ1n) is 5.81. The maximum atomic E-state index is 11.0. The molecular weight excluding hydrogens is 200 g/mol. The van der Waals surface area contributed by atoms with Gasteiger partial charge in [0.1, 0.15) is 0 Å². The minimum absolute atomic E-state index is 0.376. The van der Waals surface area contributed by atoms with Gasteiger partial charge in [-0.15, -0.1) is 0 Å². The maximum absolute atomic E-state index is 11.0. The molecule has 1 aromatic carbocycles. The molecule has 86 valence electrons. The molecule has 1 aliphatic carbocycles. The van der Waals surface area contributed by atoms with Crippen molar-refractivity contribution in [2.24, 2.45) is 11.7 Å². The van der Waals surface area contributed by atoms with E-state index in [-0.39, 0.29) is 5.91 Å². The Balaban J connectivity index is 1.96. The van der Waals surface area contributed by atoms with Crippen LogP contribution >= 0.6 is 0 Å². The molecule has 0 aromatic heterocycles. The van der Waals surface area contributed by atoms with E-state index in [1.54, 1.807) is 6.07 Å². The normalized spacial score (nSPS) is 16.8. The van der Waals surface area contributed by atoms with Crippen molar-refractivity contribution in [3.8, 4) is 0 Å². The van der Waals surface area contributed by atoms with Crippen LogP contribution in [-0.2, 0) is 0 Å². The Hall–Kier alpha value is -1.51. The monoisotopic (exact) mass is 218 g/mol. The van der Waals surface area contributed by atoms with E-state index in [0.29, 0.717) is 11.6 Å². The van der Waals surface area contributed by atoms with Crippen molar-refractivity contribution in [3.63, 3.8) is 0 Å². The van der Waals surface area contributed by atoms with Crippen LogP contribution in [-0.4, -0.2) is 11.9 Å². The number of amides is 1. The van der Waals surface area contributed by atoms with E-state index < -0.39 is 0 Å².